The van der Waals surface area contributed by atoms with Crippen LogP contribution in [0.1, 0.15) is 59.0 Å². The third-order valence-corrected chi connectivity index (χ3v) is 5.93. The van der Waals surface area contributed by atoms with Gasteiger partial charge in [0.15, 0.2) is 0 Å². The first-order chi connectivity index (χ1) is 14.6. The Morgan fingerprint density at radius 2 is 1.81 bits per heavy atom. The molecular weight excluding hydrogens is 392 g/mol. The number of nitrogens with one attached hydrogen (secondary N) is 1. The van der Waals surface area contributed by atoms with Crippen LogP contribution in [-0.2, 0) is 13.5 Å². The Kier molecular flexibility index (Phi) is 6.39. The molecule has 1 aromatic heterocycles. The molecule has 164 valence electrons. The number of carboxylic acid groups (broad SMARTS) is 1. The van der Waals surface area contributed by atoms with Crippen LogP contribution in [0.15, 0.2) is 42.6 Å². The summed E-state index contributed by atoms with van der Waals surface area (Å²) in [6.07, 6.45) is 3.59. The molecule has 6 heteroatoms. The maximum absolute atomic E-state index is 12.7. The van der Waals surface area contributed by atoms with Crippen molar-refractivity contribution in [3.63, 3.8) is 0 Å². The molecule has 3 aromatic rings. The van der Waals surface area contributed by atoms with Crippen molar-refractivity contribution < 1.29 is 19.4 Å². The highest BCUT2D eigenvalue weighted by Crippen LogP contribution is 2.29. The van der Waals surface area contributed by atoms with Gasteiger partial charge in [-0.1, -0.05) is 26.8 Å². The molecule has 2 N–H and O–H groups in total. The summed E-state index contributed by atoms with van der Waals surface area (Å²) in [6, 6.07) is 10.6. The number of methoxy groups -OCH3 is 1. The van der Waals surface area contributed by atoms with Crippen molar-refractivity contribution in [2.24, 2.45) is 12.5 Å². The van der Waals surface area contributed by atoms with Crippen molar-refractivity contribution in [2.75, 3.05) is 13.7 Å². The van der Waals surface area contributed by atoms with E-state index in [1.807, 2.05) is 36.0 Å². The van der Waals surface area contributed by atoms with Gasteiger partial charge in [-0.15, -0.1) is 0 Å². The molecule has 31 heavy (non-hydrogen) atoms. The Bertz CT molecular complexity index is 1130. The number of aromatic nitrogens is 1. The average Bonchev–Trinajstić information content (AvgIpc) is 3.06. The number of nitrogens with zero attached hydrogens (tertiary/aromatic N) is 1. The van der Waals surface area contributed by atoms with Crippen LogP contribution in [0, 0.1) is 5.41 Å². The van der Waals surface area contributed by atoms with E-state index in [2.05, 4.69) is 26.1 Å². The number of rotatable bonds is 8. The standard InChI is InChI=1S/C25H30N2O4/c1-6-25(2,3)15-26-23(28)17-9-10-21-20(12-17)19(14-27(21)4)11-16-7-8-18(24(29)30)13-22(16)31-5/h7-10,12-14H,6,11,15H2,1-5H3,(H,26,28)(H,29,30). The Morgan fingerprint density at radius 1 is 1.10 bits per heavy atom. The van der Waals surface area contributed by atoms with Gasteiger partial charge in [-0.3, -0.25) is 4.79 Å². The minimum Gasteiger partial charge on any atom is -0.496 e. The molecule has 0 radical (unpaired) electrons. The summed E-state index contributed by atoms with van der Waals surface area (Å²) in [5.41, 5.74) is 3.83. The zero-order valence-electron chi connectivity index (χ0n) is 18.8. The highest BCUT2D eigenvalue weighted by atomic mass is 16.5. The number of aryl methyl sites for hydroxylation is 1. The Hall–Kier alpha value is -3.28. The van der Waals surface area contributed by atoms with Crippen LogP contribution in [-0.4, -0.2) is 35.2 Å². The number of carbonyl (C=O) groups is 2. The summed E-state index contributed by atoms with van der Waals surface area (Å²) in [6.45, 7) is 7.00. The van der Waals surface area contributed by atoms with Gasteiger partial charge in [0.1, 0.15) is 5.75 Å². The van der Waals surface area contributed by atoms with E-state index in [-0.39, 0.29) is 16.9 Å². The van der Waals surface area contributed by atoms with Gasteiger partial charge in [0, 0.05) is 42.7 Å². The summed E-state index contributed by atoms with van der Waals surface area (Å²) in [4.78, 5) is 24.0. The summed E-state index contributed by atoms with van der Waals surface area (Å²) in [5, 5.41) is 13.3. The van der Waals surface area contributed by atoms with Gasteiger partial charge in [-0.05, 0) is 53.3 Å². The van der Waals surface area contributed by atoms with Crippen molar-refractivity contribution in [3.05, 3.63) is 64.8 Å². The fourth-order valence-corrected chi connectivity index (χ4v) is 3.53. The molecular formula is C25H30N2O4. The molecule has 0 saturated carbocycles. The molecule has 6 nitrogen and oxygen atoms in total. The topological polar surface area (TPSA) is 80.6 Å². The molecule has 0 fully saturated rings. The first-order valence-electron chi connectivity index (χ1n) is 10.4. The van der Waals surface area contributed by atoms with E-state index in [1.165, 1.54) is 13.2 Å². The van der Waals surface area contributed by atoms with Crippen LogP contribution in [0.5, 0.6) is 5.75 Å². The molecule has 1 amide bonds. The number of carboxylic acids is 1. The molecule has 1 heterocycles. The smallest absolute Gasteiger partial charge is 0.335 e. The summed E-state index contributed by atoms with van der Waals surface area (Å²) >= 11 is 0. The Labute approximate surface area is 182 Å². The van der Waals surface area contributed by atoms with E-state index in [0.29, 0.717) is 24.3 Å². The van der Waals surface area contributed by atoms with E-state index in [4.69, 9.17) is 4.74 Å². The van der Waals surface area contributed by atoms with Gasteiger partial charge >= 0.3 is 5.97 Å². The van der Waals surface area contributed by atoms with Crippen LogP contribution >= 0.6 is 0 Å². The maximum atomic E-state index is 12.7. The van der Waals surface area contributed by atoms with Crippen molar-refractivity contribution in [1.29, 1.82) is 0 Å². The van der Waals surface area contributed by atoms with E-state index in [0.717, 1.165) is 28.5 Å². The fourth-order valence-electron chi connectivity index (χ4n) is 3.53. The van der Waals surface area contributed by atoms with Gasteiger partial charge in [0.05, 0.1) is 12.7 Å². The largest absolute Gasteiger partial charge is 0.496 e. The molecule has 0 aliphatic carbocycles. The minimum absolute atomic E-state index is 0.0519. The SMILES string of the molecule is CCC(C)(C)CNC(=O)c1ccc2c(c1)c(Cc1ccc(C(=O)O)cc1OC)cn2C. The van der Waals surface area contributed by atoms with Crippen LogP contribution in [0.3, 0.4) is 0 Å². The molecule has 3 rings (SSSR count). The van der Waals surface area contributed by atoms with Crippen molar-refractivity contribution >= 4 is 22.8 Å². The molecule has 0 unspecified atom stereocenters. The summed E-state index contributed by atoms with van der Waals surface area (Å²) in [7, 11) is 3.51. The van der Waals surface area contributed by atoms with E-state index in [9.17, 15) is 14.7 Å². The zero-order valence-corrected chi connectivity index (χ0v) is 18.8. The normalized spacial score (nSPS) is 11.5. The van der Waals surface area contributed by atoms with Gasteiger partial charge in [0.2, 0.25) is 0 Å². The number of benzene rings is 2. The second-order valence-corrected chi connectivity index (χ2v) is 8.71. The van der Waals surface area contributed by atoms with Crippen molar-refractivity contribution in [1.82, 2.24) is 9.88 Å². The quantitative estimate of drug-likeness (QED) is 0.554. The second kappa shape index (κ2) is 8.84. The predicted molar refractivity (Wildman–Crippen MR) is 122 cm³/mol. The molecule has 0 aliphatic heterocycles. The van der Waals surface area contributed by atoms with E-state index in [1.54, 1.807) is 12.1 Å². The monoisotopic (exact) mass is 422 g/mol. The average molecular weight is 423 g/mol. The Morgan fingerprint density at radius 3 is 2.45 bits per heavy atom. The van der Waals surface area contributed by atoms with E-state index >= 15 is 0 Å². The van der Waals surface area contributed by atoms with E-state index < -0.39 is 5.97 Å². The van der Waals surface area contributed by atoms with Crippen LogP contribution in [0.25, 0.3) is 10.9 Å². The number of fused-ring (bicyclic) bond motifs is 1. The Balaban J connectivity index is 1.92. The summed E-state index contributed by atoms with van der Waals surface area (Å²) in [5.74, 6) is -0.536. The number of carbonyl (C=O) groups excluding carboxylic acids is 1. The lowest BCUT2D eigenvalue weighted by atomic mass is 9.90. The minimum atomic E-state index is -0.989. The lowest BCUT2D eigenvalue weighted by Crippen LogP contribution is -2.33. The number of hydrogen-bond donors (Lipinski definition) is 2. The molecule has 0 bridgehead atoms. The lowest BCUT2D eigenvalue weighted by molar-refractivity contribution is 0.0696. The van der Waals surface area contributed by atoms with Crippen LogP contribution in [0.4, 0.5) is 0 Å². The third-order valence-electron chi connectivity index (χ3n) is 5.93. The van der Waals surface area contributed by atoms with Gasteiger partial charge in [-0.2, -0.15) is 0 Å². The first kappa shape index (κ1) is 22.4. The molecule has 2 aromatic carbocycles. The van der Waals surface area contributed by atoms with Gasteiger partial charge in [-0.25, -0.2) is 4.79 Å². The lowest BCUT2D eigenvalue weighted by Gasteiger charge is -2.22. The van der Waals surface area contributed by atoms with Crippen molar-refractivity contribution in [2.45, 2.75) is 33.6 Å². The molecule has 0 aliphatic rings. The van der Waals surface area contributed by atoms with Crippen LogP contribution < -0.4 is 10.1 Å². The highest BCUT2D eigenvalue weighted by molar-refractivity contribution is 5.99. The third kappa shape index (κ3) is 4.90. The van der Waals surface area contributed by atoms with Gasteiger partial charge in [0.25, 0.3) is 5.91 Å². The molecule has 0 atom stereocenters. The van der Waals surface area contributed by atoms with Gasteiger partial charge < -0.3 is 19.7 Å². The number of ether oxygens (including phenoxy) is 1. The predicted octanol–water partition coefficient (Wildman–Crippen LogP) is 4.64. The maximum Gasteiger partial charge on any atom is 0.335 e. The first-order valence-corrected chi connectivity index (χ1v) is 10.4. The van der Waals surface area contributed by atoms with Crippen LogP contribution in [0.2, 0.25) is 0 Å². The fraction of sp³-hybridized carbons (Fsp3) is 0.360. The second-order valence-electron chi connectivity index (χ2n) is 8.71. The number of hydrogen-bond acceptors (Lipinski definition) is 3. The van der Waals surface area contributed by atoms with Crippen molar-refractivity contribution in [3.8, 4) is 5.75 Å². The molecule has 0 spiro atoms. The highest BCUT2D eigenvalue weighted by Gasteiger charge is 2.18. The zero-order chi connectivity index (χ0) is 22.8. The number of amides is 1. The number of aromatic carboxylic acids is 1. The summed E-state index contributed by atoms with van der Waals surface area (Å²) < 4.78 is 7.46. The molecule has 0 saturated heterocycles.